The molecule has 2 aromatic heterocycles. The van der Waals surface area contributed by atoms with Crippen LogP contribution in [0.15, 0.2) is 150 Å². The second kappa shape index (κ2) is 10.4. The maximum absolute atomic E-state index is 6.74. The van der Waals surface area contributed by atoms with Crippen LogP contribution in [0.2, 0.25) is 0 Å². The summed E-state index contributed by atoms with van der Waals surface area (Å²) in [6.07, 6.45) is 0. The molecular weight excluding hydrogens is 615 g/mol. The predicted octanol–water partition coefficient (Wildman–Crippen LogP) is 13.7. The van der Waals surface area contributed by atoms with Crippen LogP contribution in [0, 0.1) is 6.92 Å². The minimum atomic E-state index is -0.112. The van der Waals surface area contributed by atoms with Gasteiger partial charge in [0.1, 0.15) is 11.2 Å². The molecule has 49 heavy (non-hydrogen) atoms. The van der Waals surface area contributed by atoms with Gasteiger partial charge in [-0.1, -0.05) is 117 Å². The highest BCUT2D eigenvalue weighted by Gasteiger charge is 2.36. The molecule has 0 unspecified atom stereocenters. The van der Waals surface area contributed by atoms with Crippen LogP contribution in [0.3, 0.4) is 0 Å². The molecule has 2 heterocycles. The third-order valence-electron chi connectivity index (χ3n) is 10.6. The molecule has 0 N–H and O–H groups in total. The number of furan rings is 1. The van der Waals surface area contributed by atoms with E-state index in [0.717, 1.165) is 33.6 Å². The Balaban J connectivity index is 1.29. The van der Waals surface area contributed by atoms with Crippen LogP contribution in [-0.2, 0) is 5.41 Å². The first-order valence-electron chi connectivity index (χ1n) is 16.9. The minimum absolute atomic E-state index is 0.112. The fraction of sp³-hybridized carbons (Fsp3) is 0.0870. The molecule has 0 bridgehead atoms. The predicted molar refractivity (Wildman–Crippen MR) is 209 cm³/mol. The number of rotatable bonds is 4. The molecule has 0 radical (unpaired) electrons. The van der Waals surface area contributed by atoms with Gasteiger partial charge in [0.25, 0.3) is 0 Å². The topological polar surface area (TPSA) is 16.4 Å². The summed E-state index contributed by atoms with van der Waals surface area (Å²) in [5.41, 5.74) is 14.2. The maximum Gasteiger partial charge on any atom is 0.144 e. The summed E-state index contributed by atoms with van der Waals surface area (Å²) >= 11 is 1.85. The Labute approximate surface area is 289 Å². The third-order valence-corrected chi connectivity index (χ3v) is 11.8. The Bertz CT molecular complexity index is 2750. The largest absolute Gasteiger partial charge is 0.455 e. The summed E-state index contributed by atoms with van der Waals surface area (Å²) in [6.45, 7) is 6.90. The second-order valence-electron chi connectivity index (χ2n) is 13.8. The molecule has 0 fully saturated rings. The summed E-state index contributed by atoms with van der Waals surface area (Å²) in [5.74, 6) is 0. The van der Waals surface area contributed by atoms with E-state index in [4.69, 9.17) is 4.42 Å². The highest BCUT2D eigenvalue weighted by atomic mass is 32.1. The van der Waals surface area contributed by atoms with Crippen LogP contribution in [0.4, 0.5) is 17.1 Å². The molecule has 1 aliphatic carbocycles. The van der Waals surface area contributed by atoms with Gasteiger partial charge in [-0.2, -0.15) is 0 Å². The molecule has 3 heteroatoms. The number of nitrogens with zero attached hydrogens (tertiary/aromatic N) is 1. The van der Waals surface area contributed by atoms with Crippen molar-refractivity contribution in [1.82, 2.24) is 0 Å². The van der Waals surface area contributed by atoms with E-state index < -0.39 is 0 Å². The Hall–Kier alpha value is -5.64. The lowest BCUT2D eigenvalue weighted by atomic mass is 9.82. The lowest BCUT2D eigenvalue weighted by Crippen LogP contribution is -2.16. The molecule has 9 aromatic rings. The lowest BCUT2D eigenvalue weighted by Gasteiger charge is -2.29. The van der Waals surface area contributed by atoms with Gasteiger partial charge < -0.3 is 9.32 Å². The molecule has 0 atom stereocenters. The third kappa shape index (κ3) is 4.12. The fourth-order valence-corrected chi connectivity index (χ4v) is 9.39. The highest BCUT2D eigenvalue weighted by Crippen LogP contribution is 2.53. The zero-order chi connectivity index (χ0) is 32.9. The highest BCUT2D eigenvalue weighted by molar-refractivity contribution is 7.26. The van der Waals surface area contributed by atoms with Crippen molar-refractivity contribution in [1.29, 1.82) is 0 Å². The van der Waals surface area contributed by atoms with E-state index in [-0.39, 0.29) is 5.41 Å². The van der Waals surface area contributed by atoms with E-state index in [1.807, 2.05) is 11.3 Å². The first-order chi connectivity index (χ1) is 24.0. The molecule has 0 saturated carbocycles. The number of hydrogen-bond donors (Lipinski definition) is 0. The number of thiophene rings is 1. The molecule has 7 aromatic carbocycles. The van der Waals surface area contributed by atoms with Crippen molar-refractivity contribution in [3.8, 4) is 22.3 Å². The second-order valence-corrected chi connectivity index (χ2v) is 14.8. The van der Waals surface area contributed by atoms with Crippen molar-refractivity contribution >= 4 is 70.5 Å². The molecule has 1 aliphatic rings. The first kappa shape index (κ1) is 28.4. The van der Waals surface area contributed by atoms with Gasteiger partial charge in [0.2, 0.25) is 0 Å². The fourth-order valence-electron chi connectivity index (χ4n) is 8.18. The Kier molecular flexibility index (Phi) is 6.04. The summed E-state index contributed by atoms with van der Waals surface area (Å²) < 4.78 is 9.22. The molecular formula is C46H33NOS. The van der Waals surface area contributed by atoms with Gasteiger partial charge in [0.15, 0.2) is 0 Å². The molecule has 0 spiro atoms. The summed E-state index contributed by atoms with van der Waals surface area (Å²) in [4.78, 5) is 2.47. The zero-order valence-corrected chi connectivity index (χ0v) is 28.4. The molecule has 234 valence electrons. The Morgan fingerprint density at radius 2 is 1.29 bits per heavy atom. The lowest BCUT2D eigenvalue weighted by molar-refractivity contribution is 0.660. The van der Waals surface area contributed by atoms with Crippen molar-refractivity contribution in [3.05, 3.63) is 162 Å². The smallest absolute Gasteiger partial charge is 0.144 e. The number of aryl methyl sites for hydroxylation is 1. The summed E-state index contributed by atoms with van der Waals surface area (Å²) in [7, 11) is 0. The molecule has 0 aliphatic heterocycles. The maximum atomic E-state index is 6.74. The molecule has 2 nitrogen and oxygen atoms in total. The Morgan fingerprint density at radius 1 is 0.571 bits per heavy atom. The SMILES string of the molecule is Cc1cccc2oc3c(cc(N(c4ccc(-c5ccccc5)cc4)c4ccc5c(c4)C(C)(C)c4ccccc4-5)c4sc5ccccc5c43)c12. The zero-order valence-electron chi connectivity index (χ0n) is 27.6. The minimum Gasteiger partial charge on any atom is -0.455 e. The number of fused-ring (bicyclic) bond motifs is 10. The normalized spacial score (nSPS) is 13.4. The van der Waals surface area contributed by atoms with Gasteiger partial charge in [0.05, 0.1) is 10.4 Å². The van der Waals surface area contributed by atoms with E-state index in [9.17, 15) is 0 Å². The average Bonchev–Trinajstić information content (AvgIpc) is 3.78. The number of anilines is 3. The van der Waals surface area contributed by atoms with E-state index in [0.29, 0.717) is 0 Å². The van der Waals surface area contributed by atoms with Gasteiger partial charge in [0, 0.05) is 43.0 Å². The van der Waals surface area contributed by atoms with Crippen LogP contribution in [0.25, 0.3) is 64.4 Å². The Morgan fingerprint density at radius 3 is 2.14 bits per heavy atom. The molecule has 0 saturated heterocycles. The summed E-state index contributed by atoms with van der Waals surface area (Å²) in [5, 5.41) is 4.75. The van der Waals surface area contributed by atoms with Gasteiger partial charge in [-0.3, -0.25) is 0 Å². The van der Waals surface area contributed by atoms with E-state index in [1.54, 1.807) is 0 Å². The average molecular weight is 648 g/mol. The quantitative estimate of drug-likeness (QED) is 0.189. The van der Waals surface area contributed by atoms with Crippen LogP contribution in [-0.4, -0.2) is 0 Å². The first-order valence-corrected chi connectivity index (χ1v) is 17.7. The molecule has 0 amide bonds. The van der Waals surface area contributed by atoms with E-state index in [2.05, 4.69) is 171 Å². The number of benzene rings is 7. The standard InChI is InChI=1S/C46H33NOS/c1-28-12-11-18-40-42(28)36-27-39(45-43(44(36)48-40)35-16-8-10-19-41(35)49-45)47(31-22-20-30(21-23-31)29-13-5-4-6-14-29)32-24-25-34-33-15-7-9-17-37(33)46(2,3)38(34)26-32/h4-27H,1-3H3. The van der Waals surface area contributed by atoms with Gasteiger partial charge >= 0.3 is 0 Å². The summed E-state index contributed by atoms with van der Waals surface area (Å²) in [6, 6.07) is 53.1. The van der Waals surface area contributed by atoms with Gasteiger partial charge in [-0.15, -0.1) is 11.3 Å². The van der Waals surface area contributed by atoms with Gasteiger partial charge in [-0.25, -0.2) is 0 Å². The monoisotopic (exact) mass is 647 g/mol. The van der Waals surface area contributed by atoms with Crippen molar-refractivity contribution < 1.29 is 4.42 Å². The van der Waals surface area contributed by atoms with Crippen LogP contribution in [0.5, 0.6) is 0 Å². The van der Waals surface area contributed by atoms with Crippen LogP contribution < -0.4 is 4.90 Å². The molecule has 10 rings (SSSR count). The van der Waals surface area contributed by atoms with Crippen LogP contribution in [0.1, 0.15) is 30.5 Å². The van der Waals surface area contributed by atoms with Crippen molar-refractivity contribution in [2.45, 2.75) is 26.2 Å². The van der Waals surface area contributed by atoms with Crippen molar-refractivity contribution in [2.75, 3.05) is 4.90 Å². The number of hydrogen-bond acceptors (Lipinski definition) is 3. The van der Waals surface area contributed by atoms with Gasteiger partial charge in [-0.05, 0) is 88.3 Å². The van der Waals surface area contributed by atoms with Crippen LogP contribution >= 0.6 is 11.3 Å². The van der Waals surface area contributed by atoms with E-state index >= 15 is 0 Å². The van der Waals surface area contributed by atoms with Crippen molar-refractivity contribution in [2.24, 2.45) is 0 Å². The van der Waals surface area contributed by atoms with Crippen molar-refractivity contribution in [3.63, 3.8) is 0 Å². The van der Waals surface area contributed by atoms with E-state index in [1.165, 1.54) is 64.5 Å².